The highest BCUT2D eigenvalue weighted by Crippen LogP contribution is 2.28. The van der Waals surface area contributed by atoms with Crippen LogP contribution in [0.3, 0.4) is 0 Å². The SMILES string of the molecule is O=[N+]([O-])c1ccc(F)cc1CNS(=O)(=O)C1CC1. The third-order valence-electron chi connectivity index (χ3n) is 2.67. The molecule has 1 fully saturated rings. The van der Waals surface area contributed by atoms with Gasteiger partial charge in [-0.15, -0.1) is 0 Å². The van der Waals surface area contributed by atoms with Crippen molar-refractivity contribution >= 4 is 15.7 Å². The van der Waals surface area contributed by atoms with Gasteiger partial charge in [-0.3, -0.25) is 10.1 Å². The lowest BCUT2D eigenvalue weighted by molar-refractivity contribution is -0.385. The van der Waals surface area contributed by atoms with Crippen molar-refractivity contribution in [1.29, 1.82) is 0 Å². The molecule has 1 saturated carbocycles. The van der Waals surface area contributed by atoms with E-state index in [-0.39, 0.29) is 17.8 Å². The van der Waals surface area contributed by atoms with E-state index >= 15 is 0 Å². The van der Waals surface area contributed by atoms with Crippen molar-refractivity contribution in [1.82, 2.24) is 4.72 Å². The molecular formula is C10H11FN2O4S. The molecular weight excluding hydrogens is 263 g/mol. The van der Waals surface area contributed by atoms with Crippen LogP contribution < -0.4 is 4.72 Å². The molecule has 0 aromatic heterocycles. The molecule has 2 rings (SSSR count). The average molecular weight is 274 g/mol. The van der Waals surface area contributed by atoms with E-state index < -0.39 is 26.0 Å². The minimum atomic E-state index is -3.44. The zero-order valence-electron chi connectivity index (χ0n) is 9.30. The van der Waals surface area contributed by atoms with Gasteiger partial charge in [0, 0.05) is 18.2 Å². The Balaban J connectivity index is 2.17. The van der Waals surface area contributed by atoms with Crippen LogP contribution in [0.15, 0.2) is 18.2 Å². The van der Waals surface area contributed by atoms with E-state index in [0.717, 1.165) is 18.2 Å². The van der Waals surface area contributed by atoms with Crippen molar-refractivity contribution in [3.05, 3.63) is 39.7 Å². The van der Waals surface area contributed by atoms with Gasteiger partial charge in [0.25, 0.3) is 5.69 Å². The largest absolute Gasteiger partial charge is 0.274 e. The molecule has 0 bridgehead atoms. The maximum Gasteiger partial charge on any atom is 0.274 e. The Bertz CT molecular complexity index is 584. The summed E-state index contributed by atoms with van der Waals surface area (Å²) in [5, 5.41) is 10.3. The number of nitro benzene ring substituents is 1. The van der Waals surface area contributed by atoms with Crippen molar-refractivity contribution in [2.75, 3.05) is 0 Å². The minimum Gasteiger partial charge on any atom is -0.258 e. The molecule has 0 unspecified atom stereocenters. The van der Waals surface area contributed by atoms with Crippen LogP contribution in [-0.2, 0) is 16.6 Å². The summed E-state index contributed by atoms with van der Waals surface area (Å²) >= 11 is 0. The van der Waals surface area contributed by atoms with Gasteiger partial charge >= 0.3 is 0 Å². The van der Waals surface area contributed by atoms with E-state index in [0.29, 0.717) is 12.8 Å². The van der Waals surface area contributed by atoms with Crippen molar-refractivity contribution in [2.24, 2.45) is 0 Å². The topological polar surface area (TPSA) is 89.3 Å². The normalized spacial score (nSPS) is 15.6. The fraction of sp³-hybridized carbons (Fsp3) is 0.400. The quantitative estimate of drug-likeness (QED) is 0.647. The monoisotopic (exact) mass is 274 g/mol. The Morgan fingerprint density at radius 2 is 2.11 bits per heavy atom. The molecule has 0 amide bonds. The zero-order chi connectivity index (χ0) is 13.3. The number of benzene rings is 1. The summed E-state index contributed by atoms with van der Waals surface area (Å²) in [6.07, 6.45) is 1.20. The van der Waals surface area contributed by atoms with Crippen LogP contribution in [0.4, 0.5) is 10.1 Å². The van der Waals surface area contributed by atoms with Crippen LogP contribution in [0.1, 0.15) is 18.4 Å². The van der Waals surface area contributed by atoms with Crippen molar-refractivity contribution in [3.8, 4) is 0 Å². The van der Waals surface area contributed by atoms with Gasteiger partial charge in [0.2, 0.25) is 10.0 Å². The van der Waals surface area contributed by atoms with Crippen LogP contribution in [-0.4, -0.2) is 18.6 Å². The van der Waals surface area contributed by atoms with Crippen LogP contribution >= 0.6 is 0 Å². The standard InChI is InChI=1S/C10H11FN2O4S/c11-8-1-4-10(13(14)15)7(5-8)6-12-18(16,17)9-2-3-9/h1,4-5,9,12H,2-3,6H2. The van der Waals surface area contributed by atoms with Crippen molar-refractivity contribution < 1.29 is 17.7 Å². The summed E-state index contributed by atoms with van der Waals surface area (Å²) in [6, 6.07) is 2.96. The molecule has 1 aliphatic rings. The van der Waals surface area contributed by atoms with Crippen LogP contribution in [0.2, 0.25) is 0 Å². The fourth-order valence-electron chi connectivity index (χ4n) is 1.55. The van der Waals surface area contributed by atoms with Gasteiger partial charge in [0.1, 0.15) is 5.82 Å². The first-order valence-corrected chi connectivity index (χ1v) is 6.86. The van der Waals surface area contributed by atoms with Gasteiger partial charge in [-0.05, 0) is 25.0 Å². The van der Waals surface area contributed by atoms with E-state index in [1.807, 2.05) is 0 Å². The Morgan fingerprint density at radius 1 is 1.44 bits per heavy atom. The second kappa shape index (κ2) is 4.62. The van der Waals surface area contributed by atoms with E-state index in [1.165, 1.54) is 0 Å². The molecule has 8 heteroatoms. The average Bonchev–Trinajstić information content (AvgIpc) is 3.10. The summed E-state index contributed by atoms with van der Waals surface area (Å²) in [6.45, 7) is -0.271. The van der Waals surface area contributed by atoms with Gasteiger partial charge in [-0.1, -0.05) is 0 Å². The second-order valence-corrected chi connectivity index (χ2v) is 6.14. The molecule has 0 spiro atoms. The minimum absolute atomic E-state index is 0.0178. The van der Waals surface area contributed by atoms with Crippen molar-refractivity contribution in [2.45, 2.75) is 24.6 Å². The third kappa shape index (κ3) is 2.82. The number of hydrogen-bond donors (Lipinski definition) is 1. The summed E-state index contributed by atoms with van der Waals surface area (Å²) in [4.78, 5) is 10.0. The van der Waals surface area contributed by atoms with Gasteiger partial charge < -0.3 is 0 Å². The van der Waals surface area contributed by atoms with E-state index in [1.54, 1.807) is 0 Å². The Labute approximate surface area is 103 Å². The number of halogens is 1. The lowest BCUT2D eigenvalue weighted by Gasteiger charge is -2.06. The molecule has 1 aliphatic carbocycles. The van der Waals surface area contributed by atoms with E-state index in [2.05, 4.69) is 4.72 Å². The fourth-order valence-corrected chi connectivity index (χ4v) is 2.90. The molecule has 0 aliphatic heterocycles. The van der Waals surface area contributed by atoms with E-state index in [4.69, 9.17) is 0 Å². The van der Waals surface area contributed by atoms with Gasteiger partial charge in [-0.2, -0.15) is 0 Å². The third-order valence-corrected chi connectivity index (χ3v) is 4.56. The predicted molar refractivity (Wildman–Crippen MR) is 61.8 cm³/mol. The molecule has 1 aromatic rings. The zero-order valence-corrected chi connectivity index (χ0v) is 10.1. The number of nitro groups is 1. The first-order chi connectivity index (χ1) is 8.40. The molecule has 0 radical (unpaired) electrons. The molecule has 1 aromatic carbocycles. The molecule has 0 saturated heterocycles. The van der Waals surface area contributed by atoms with E-state index in [9.17, 15) is 22.9 Å². The second-order valence-electron chi connectivity index (χ2n) is 4.10. The summed E-state index contributed by atoms with van der Waals surface area (Å²) in [5.74, 6) is -0.638. The number of hydrogen-bond acceptors (Lipinski definition) is 4. The molecule has 1 N–H and O–H groups in total. The highest BCUT2D eigenvalue weighted by atomic mass is 32.2. The Morgan fingerprint density at radius 3 is 2.67 bits per heavy atom. The lowest BCUT2D eigenvalue weighted by atomic mass is 10.2. The Kier molecular flexibility index (Phi) is 3.31. The van der Waals surface area contributed by atoms with Crippen molar-refractivity contribution in [3.63, 3.8) is 0 Å². The van der Waals surface area contributed by atoms with Gasteiger partial charge in [0.15, 0.2) is 0 Å². The molecule has 0 heterocycles. The maximum atomic E-state index is 13.0. The van der Waals surface area contributed by atoms with Crippen LogP contribution in [0, 0.1) is 15.9 Å². The first-order valence-electron chi connectivity index (χ1n) is 5.31. The summed E-state index contributed by atoms with van der Waals surface area (Å²) in [5.41, 5.74) is -0.279. The van der Waals surface area contributed by atoms with Gasteiger partial charge in [-0.25, -0.2) is 17.5 Å². The highest BCUT2D eigenvalue weighted by Gasteiger charge is 2.35. The molecule has 18 heavy (non-hydrogen) atoms. The van der Waals surface area contributed by atoms with Gasteiger partial charge in [0.05, 0.1) is 10.2 Å². The smallest absolute Gasteiger partial charge is 0.258 e. The number of rotatable bonds is 5. The highest BCUT2D eigenvalue weighted by molar-refractivity contribution is 7.90. The Hall–Kier alpha value is -1.54. The number of nitrogens with one attached hydrogen (secondary N) is 1. The number of sulfonamides is 1. The number of nitrogens with zero attached hydrogens (tertiary/aromatic N) is 1. The lowest BCUT2D eigenvalue weighted by Crippen LogP contribution is -2.27. The molecule has 0 atom stereocenters. The van der Waals surface area contributed by atoms with Crippen LogP contribution in [0.25, 0.3) is 0 Å². The first kappa shape index (κ1) is 12.9. The molecule has 98 valence electrons. The predicted octanol–water partition coefficient (Wildman–Crippen LogP) is 1.32. The summed E-state index contributed by atoms with van der Waals surface area (Å²) in [7, 11) is -3.44. The molecule has 6 nitrogen and oxygen atoms in total. The summed E-state index contributed by atoms with van der Waals surface area (Å²) < 4.78 is 38.4. The van der Waals surface area contributed by atoms with Crippen LogP contribution in [0.5, 0.6) is 0 Å². The maximum absolute atomic E-state index is 13.0.